The molecule has 2 atom stereocenters. The van der Waals surface area contributed by atoms with E-state index in [4.69, 9.17) is 4.74 Å². The van der Waals surface area contributed by atoms with Gasteiger partial charge in [-0.2, -0.15) is 0 Å². The van der Waals surface area contributed by atoms with Crippen molar-refractivity contribution in [3.63, 3.8) is 0 Å². The molecule has 2 aromatic rings. The number of Topliss-reactive ketones (excluding diaryl/α,β-unsaturated/α-hetero) is 1. The Morgan fingerprint density at radius 2 is 1.71 bits per heavy atom. The number of fused-ring (bicyclic) bond motifs is 3. The fourth-order valence-electron chi connectivity index (χ4n) is 4.79. The smallest absolute Gasteiger partial charge is 0.318 e. The lowest BCUT2D eigenvalue weighted by molar-refractivity contribution is -0.151. The molecule has 0 unspecified atom stereocenters. The average Bonchev–Trinajstić information content (AvgIpc) is 2.85. The van der Waals surface area contributed by atoms with E-state index in [-0.39, 0.29) is 17.2 Å². The van der Waals surface area contributed by atoms with Gasteiger partial charge in [-0.25, -0.2) is 0 Å². The Kier molecular flexibility index (Phi) is 3.00. The molecule has 2 saturated carbocycles. The van der Waals surface area contributed by atoms with E-state index in [0.29, 0.717) is 12.2 Å². The van der Waals surface area contributed by atoms with Crippen molar-refractivity contribution >= 4 is 22.5 Å². The minimum atomic E-state index is -0.699. The second-order valence-electron chi connectivity index (χ2n) is 8.01. The van der Waals surface area contributed by atoms with Crippen LogP contribution in [0.15, 0.2) is 42.5 Å². The molecule has 2 aliphatic rings. The molecule has 0 amide bonds. The Morgan fingerprint density at radius 3 is 2.38 bits per heavy atom. The Morgan fingerprint density at radius 1 is 1.00 bits per heavy atom. The minimum absolute atomic E-state index is 0.202. The summed E-state index contributed by atoms with van der Waals surface area (Å²) in [6.07, 6.45) is 1.80. The number of carbonyl (C=O) groups is 2. The summed E-state index contributed by atoms with van der Waals surface area (Å²) in [6, 6.07) is 13.6. The number of hydrogen-bond donors (Lipinski definition) is 0. The molecule has 124 valence electrons. The number of hydrogen-bond acceptors (Lipinski definition) is 3. The first-order valence-corrected chi connectivity index (χ1v) is 8.55. The van der Waals surface area contributed by atoms with Crippen LogP contribution in [-0.4, -0.2) is 11.8 Å². The van der Waals surface area contributed by atoms with Crippen LogP contribution in [0.1, 0.15) is 40.0 Å². The lowest BCUT2D eigenvalue weighted by Crippen LogP contribution is -2.42. The van der Waals surface area contributed by atoms with Gasteiger partial charge in [0.2, 0.25) is 0 Å². The number of rotatable bonds is 2. The zero-order valence-corrected chi connectivity index (χ0v) is 14.4. The second-order valence-corrected chi connectivity index (χ2v) is 8.01. The third-order valence-corrected chi connectivity index (χ3v) is 7.05. The van der Waals surface area contributed by atoms with Crippen molar-refractivity contribution < 1.29 is 14.3 Å². The van der Waals surface area contributed by atoms with Crippen molar-refractivity contribution in [1.29, 1.82) is 0 Å². The second kappa shape index (κ2) is 4.69. The molecular formula is C21H22O3. The van der Waals surface area contributed by atoms with E-state index in [1.807, 2.05) is 49.4 Å². The number of carbonyl (C=O) groups excluding carboxylic acids is 2. The fraction of sp³-hybridized carbons (Fsp3) is 0.429. The van der Waals surface area contributed by atoms with Gasteiger partial charge >= 0.3 is 5.97 Å². The maximum atomic E-state index is 13.2. The number of esters is 1. The Hall–Kier alpha value is -2.16. The van der Waals surface area contributed by atoms with E-state index in [0.717, 1.165) is 23.6 Å². The summed E-state index contributed by atoms with van der Waals surface area (Å²) in [5.74, 6) is 0.531. The molecule has 2 bridgehead atoms. The summed E-state index contributed by atoms with van der Waals surface area (Å²) in [5, 5.41) is 1.96. The number of ketones is 1. The van der Waals surface area contributed by atoms with Crippen LogP contribution >= 0.6 is 0 Å². The van der Waals surface area contributed by atoms with Crippen LogP contribution in [0.3, 0.4) is 0 Å². The lowest BCUT2D eigenvalue weighted by atomic mass is 9.65. The summed E-state index contributed by atoms with van der Waals surface area (Å²) >= 11 is 0. The van der Waals surface area contributed by atoms with E-state index in [9.17, 15) is 9.59 Å². The quantitative estimate of drug-likeness (QED) is 0.602. The van der Waals surface area contributed by atoms with Crippen molar-refractivity contribution in [1.82, 2.24) is 0 Å². The van der Waals surface area contributed by atoms with Gasteiger partial charge in [0.15, 0.2) is 0 Å². The van der Waals surface area contributed by atoms with E-state index >= 15 is 0 Å². The average molecular weight is 322 g/mol. The van der Waals surface area contributed by atoms with E-state index < -0.39 is 10.8 Å². The topological polar surface area (TPSA) is 43.4 Å². The minimum Gasteiger partial charge on any atom is -0.425 e. The highest BCUT2D eigenvalue weighted by Gasteiger charge is 2.73. The lowest BCUT2D eigenvalue weighted by Gasteiger charge is -2.37. The summed E-state index contributed by atoms with van der Waals surface area (Å²) in [6.45, 7) is 6.11. The normalized spacial score (nSPS) is 30.7. The molecule has 24 heavy (non-hydrogen) atoms. The monoisotopic (exact) mass is 322 g/mol. The summed E-state index contributed by atoms with van der Waals surface area (Å²) < 4.78 is 5.87. The first kappa shape index (κ1) is 15.4. The zero-order chi connectivity index (χ0) is 17.2. The molecule has 0 aromatic heterocycles. The summed E-state index contributed by atoms with van der Waals surface area (Å²) in [4.78, 5) is 25.7. The van der Waals surface area contributed by atoms with E-state index in [1.165, 1.54) is 0 Å². The fourth-order valence-corrected chi connectivity index (χ4v) is 4.79. The molecule has 0 radical (unpaired) electrons. The number of ether oxygens (including phenoxy) is 1. The molecule has 0 N–H and O–H groups in total. The van der Waals surface area contributed by atoms with Gasteiger partial charge in [-0.15, -0.1) is 0 Å². The van der Waals surface area contributed by atoms with Crippen molar-refractivity contribution in [3.05, 3.63) is 42.5 Å². The van der Waals surface area contributed by atoms with Gasteiger partial charge in [0.25, 0.3) is 0 Å². The zero-order valence-electron chi connectivity index (χ0n) is 14.4. The molecule has 2 aliphatic carbocycles. The molecular weight excluding hydrogens is 300 g/mol. The van der Waals surface area contributed by atoms with Gasteiger partial charge in [-0.3, -0.25) is 9.59 Å². The highest BCUT2D eigenvalue weighted by molar-refractivity contribution is 5.99. The van der Waals surface area contributed by atoms with Crippen LogP contribution < -0.4 is 4.74 Å². The predicted octanol–water partition coefficient (Wildman–Crippen LogP) is 4.53. The summed E-state index contributed by atoms with van der Waals surface area (Å²) in [5.41, 5.74) is -1.49. The predicted molar refractivity (Wildman–Crippen MR) is 92.8 cm³/mol. The first-order chi connectivity index (χ1) is 11.3. The number of benzene rings is 2. The highest BCUT2D eigenvalue weighted by atomic mass is 16.5. The van der Waals surface area contributed by atoms with Gasteiger partial charge in [-0.1, -0.05) is 57.2 Å². The van der Waals surface area contributed by atoms with E-state index in [2.05, 4.69) is 13.8 Å². The SMILES string of the molecule is CC1(C)[C@]2(C(=O)Oc3cccc4ccccc34)CC[C@]1(C)C(=O)C2. The maximum Gasteiger partial charge on any atom is 0.318 e. The van der Waals surface area contributed by atoms with Gasteiger partial charge in [0.1, 0.15) is 11.5 Å². The Labute approximate surface area is 142 Å². The van der Waals surface area contributed by atoms with Crippen molar-refractivity contribution in [2.45, 2.75) is 40.0 Å². The van der Waals surface area contributed by atoms with Gasteiger partial charge < -0.3 is 4.74 Å². The first-order valence-electron chi connectivity index (χ1n) is 8.55. The van der Waals surface area contributed by atoms with Crippen LogP contribution in [0.25, 0.3) is 10.8 Å². The van der Waals surface area contributed by atoms with Crippen molar-refractivity contribution in [2.75, 3.05) is 0 Å². The molecule has 0 spiro atoms. The molecule has 4 rings (SSSR count). The molecule has 0 aliphatic heterocycles. The van der Waals surface area contributed by atoms with Crippen LogP contribution in [0.5, 0.6) is 5.75 Å². The maximum absolute atomic E-state index is 13.2. The van der Waals surface area contributed by atoms with Crippen LogP contribution in [0.4, 0.5) is 0 Å². The van der Waals surface area contributed by atoms with Crippen LogP contribution in [0, 0.1) is 16.2 Å². The van der Waals surface area contributed by atoms with Crippen LogP contribution in [0.2, 0.25) is 0 Å². The standard InChI is InChI=1S/C21H22O3/c1-19(2)20(3)11-12-21(19,13-17(20)22)18(23)24-16-10-6-8-14-7-4-5-9-15(14)16/h4-10H,11-13H2,1-3H3/t20-,21-/m1/s1. The third-order valence-electron chi connectivity index (χ3n) is 7.05. The molecule has 0 saturated heterocycles. The van der Waals surface area contributed by atoms with Gasteiger partial charge in [-0.05, 0) is 29.7 Å². The highest BCUT2D eigenvalue weighted by Crippen LogP contribution is 2.70. The third kappa shape index (κ3) is 1.68. The molecule has 0 heterocycles. The van der Waals surface area contributed by atoms with Crippen LogP contribution in [-0.2, 0) is 9.59 Å². The van der Waals surface area contributed by atoms with Gasteiger partial charge in [0, 0.05) is 17.2 Å². The molecule has 3 heteroatoms. The Bertz CT molecular complexity index is 861. The Balaban J connectivity index is 1.74. The summed E-state index contributed by atoms with van der Waals surface area (Å²) in [7, 11) is 0. The van der Waals surface area contributed by atoms with Gasteiger partial charge in [0.05, 0.1) is 5.41 Å². The largest absolute Gasteiger partial charge is 0.425 e. The molecule has 2 aromatic carbocycles. The van der Waals surface area contributed by atoms with Crippen molar-refractivity contribution in [2.24, 2.45) is 16.2 Å². The molecule has 2 fully saturated rings. The molecule has 3 nitrogen and oxygen atoms in total. The van der Waals surface area contributed by atoms with Crippen molar-refractivity contribution in [3.8, 4) is 5.75 Å². The van der Waals surface area contributed by atoms with E-state index in [1.54, 1.807) is 0 Å².